The molecule has 3 nitrogen and oxygen atoms in total. The Balaban J connectivity index is 0.000000980. The Morgan fingerprint density at radius 2 is 1.27 bits per heavy atom. The molecule has 0 spiro atoms. The molecule has 1 N–H and O–H groups in total. The third-order valence-corrected chi connectivity index (χ3v) is 3.66. The lowest BCUT2D eigenvalue weighted by Crippen LogP contribution is -1.86. The van der Waals surface area contributed by atoms with Crippen molar-refractivity contribution in [2.45, 2.75) is 77.6 Å². The van der Waals surface area contributed by atoms with E-state index in [1.54, 1.807) is 0 Å². The summed E-state index contributed by atoms with van der Waals surface area (Å²) >= 11 is -2.86. The summed E-state index contributed by atoms with van der Waals surface area (Å²) in [5, 5.41) is 0. The minimum atomic E-state index is -2.86. The van der Waals surface area contributed by atoms with Crippen molar-refractivity contribution in [3.63, 3.8) is 0 Å². The quantitative estimate of drug-likeness (QED) is 0.432. The van der Waals surface area contributed by atoms with E-state index in [1.807, 2.05) is 0 Å². The molecule has 1 aromatic carbocycles. The van der Waals surface area contributed by atoms with Crippen LogP contribution in [0.4, 0.5) is 0 Å². The highest BCUT2D eigenvalue weighted by atomic mass is 32.2. The maximum absolute atomic E-state index is 8.56. The first-order valence-electron chi connectivity index (χ1n) is 8.49. The van der Waals surface area contributed by atoms with Crippen molar-refractivity contribution in [2.24, 2.45) is 0 Å². The standard InChI is InChI=1S/C18H30.H2O3S/c1-2-3-4-5-6-7-8-9-10-12-15-18-16-13-11-14-17-18;1-4(2)3/h11,13-14,16-17H,2-10,12,15H2,1H3;(H2,1,2,3)/p-1. The minimum absolute atomic E-state index is 1.26. The van der Waals surface area contributed by atoms with E-state index >= 15 is 0 Å². The van der Waals surface area contributed by atoms with Crippen molar-refractivity contribution < 1.29 is 13.3 Å². The summed E-state index contributed by atoms with van der Waals surface area (Å²) < 4.78 is 24.1. The highest BCUT2D eigenvalue weighted by molar-refractivity contribution is 7.73. The van der Waals surface area contributed by atoms with Gasteiger partial charge in [0.2, 0.25) is 0 Å². The topological polar surface area (TPSA) is 60.4 Å². The van der Waals surface area contributed by atoms with Gasteiger partial charge in [0.1, 0.15) is 0 Å². The fraction of sp³-hybridized carbons (Fsp3) is 0.667. The van der Waals surface area contributed by atoms with Crippen molar-refractivity contribution in [1.29, 1.82) is 0 Å². The molecule has 128 valence electrons. The summed E-state index contributed by atoms with van der Waals surface area (Å²) in [7, 11) is 0. The second-order valence-corrected chi connectivity index (χ2v) is 6.07. The van der Waals surface area contributed by atoms with Gasteiger partial charge in [-0.1, -0.05) is 95.0 Å². The molecule has 22 heavy (non-hydrogen) atoms. The first-order valence-corrected chi connectivity index (χ1v) is 9.52. The van der Waals surface area contributed by atoms with Crippen LogP contribution in [0.5, 0.6) is 0 Å². The minimum Gasteiger partial charge on any atom is -0.750 e. The SMILES string of the molecule is CCCCCCCCCCCCc1ccccc1.O=S([O-])O. The second kappa shape index (κ2) is 16.7. The van der Waals surface area contributed by atoms with Gasteiger partial charge >= 0.3 is 0 Å². The van der Waals surface area contributed by atoms with Crippen molar-refractivity contribution >= 4 is 11.4 Å². The largest absolute Gasteiger partial charge is 0.750 e. The maximum atomic E-state index is 8.56. The summed E-state index contributed by atoms with van der Waals surface area (Å²) in [6.07, 6.45) is 15.5. The Hall–Kier alpha value is -0.710. The summed E-state index contributed by atoms with van der Waals surface area (Å²) in [5.41, 5.74) is 1.50. The van der Waals surface area contributed by atoms with Crippen LogP contribution in [0.1, 0.15) is 76.7 Å². The van der Waals surface area contributed by atoms with Crippen LogP contribution in [0.2, 0.25) is 0 Å². The van der Waals surface area contributed by atoms with Crippen LogP contribution in [-0.4, -0.2) is 13.3 Å². The molecular weight excluding hydrogens is 296 g/mol. The molecule has 1 unspecified atom stereocenters. The summed E-state index contributed by atoms with van der Waals surface area (Å²) in [6, 6.07) is 10.9. The predicted octanol–water partition coefficient (Wildman–Crippen LogP) is 5.49. The van der Waals surface area contributed by atoms with Gasteiger partial charge in [0.05, 0.1) is 11.4 Å². The molecule has 0 saturated carbocycles. The van der Waals surface area contributed by atoms with Crippen LogP contribution >= 0.6 is 0 Å². The summed E-state index contributed by atoms with van der Waals surface area (Å²) in [5.74, 6) is 0. The van der Waals surface area contributed by atoms with Gasteiger partial charge in [0, 0.05) is 0 Å². The second-order valence-electron chi connectivity index (χ2n) is 5.63. The van der Waals surface area contributed by atoms with E-state index in [0.717, 1.165) is 0 Å². The van der Waals surface area contributed by atoms with Gasteiger partial charge in [0.15, 0.2) is 0 Å². The number of rotatable bonds is 11. The lowest BCUT2D eigenvalue weighted by Gasteiger charge is -2.03. The average Bonchev–Trinajstić information content (AvgIpc) is 2.50. The lowest BCUT2D eigenvalue weighted by molar-refractivity contribution is 0.436. The molecule has 0 heterocycles. The molecule has 0 radical (unpaired) electrons. The molecule has 0 fully saturated rings. The van der Waals surface area contributed by atoms with Gasteiger partial charge < -0.3 is 9.11 Å². The molecule has 0 aliphatic rings. The third kappa shape index (κ3) is 17.3. The Bertz CT molecular complexity index is 351. The van der Waals surface area contributed by atoms with Crippen LogP contribution in [-0.2, 0) is 17.8 Å². The molecule has 4 heteroatoms. The zero-order valence-corrected chi connectivity index (χ0v) is 14.7. The van der Waals surface area contributed by atoms with Gasteiger partial charge in [-0.2, -0.15) is 0 Å². The Labute approximate surface area is 138 Å². The lowest BCUT2D eigenvalue weighted by atomic mass is 10.0. The molecular formula is C18H31O3S-. The predicted molar refractivity (Wildman–Crippen MR) is 93.5 cm³/mol. The van der Waals surface area contributed by atoms with Crippen LogP contribution in [0.25, 0.3) is 0 Å². The zero-order valence-electron chi connectivity index (χ0n) is 13.8. The number of hydrogen-bond acceptors (Lipinski definition) is 2. The Morgan fingerprint density at radius 3 is 1.73 bits per heavy atom. The van der Waals surface area contributed by atoms with Crippen molar-refractivity contribution in [3.8, 4) is 0 Å². The molecule has 0 amide bonds. The summed E-state index contributed by atoms with van der Waals surface area (Å²) in [4.78, 5) is 0. The highest BCUT2D eigenvalue weighted by Crippen LogP contribution is 2.12. The van der Waals surface area contributed by atoms with Crippen molar-refractivity contribution in [1.82, 2.24) is 0 Å². The van der Waals surface area contributed by atoms with E-state index in [0.29, 0.717) is 0 Å². The maximum Gasteiger partial charge on any atom is 0.0814 e. The van der Waals surface area contributed by atoms with Gasteiger partial charge in [-0.3, -0.25) is 0 Å². The normalized spacial score (nSPS) is 11.6. The molecule has 1 rings (SSSR count). The highest BCUT2D eigenvalue weighted by Gasteiger charge is 1.94. The third-order valence-electron chi connectivity index (χ3n) is 3.66. The van der Waals surface area contributed by atoms with Crippen LogP contribution in [0, 0.1) is 0 Å². The molecule has 0 aromatic heterocycles. The molecule has 0 aliphatic carbocycles. The van der Waals surface area contributed by atoms with Gasteiger partial charge in [0.25, 0.3) is 0 Å². The number of aryl methyl sites for hydroxylation is 1. The Kier molecular flexibility index (Phi) is 16.1. The average molecular weight is 328 g/mol. The van der Waals surface area contributed by atoms with Gasteiger partial charge in [-0.05, 0) is 18.4 Å². The van der Waals surface area contributed by atoms with Gasteiger partial charge in [-0.25, -0.2) is 4.21 Å². The first-order chi connectivity index (χ1) is 10.7. The number of benzene rings is 1. The molecule has 0 saturated heterocycles. The molecule has 1 aromatic rings. The van der Waals surface area contributed by atoms with E-state index in [1.165, 1.54) is 76.2 Å². The Morgan fingerprint density at radius 1 is 0.864 bits per heavy atom. The zero-order chi connectivity index (χ0) is 16.5. The fourth-order valence-electron chi connectivity index (χ4n) is 2.46. The smallest absolute Gasteiger partial charge is 0.0814 e. The van der Waals surface area contributed by atoms with E-state index in [2.05, 4.69) is 37.3 Å². The van der Waals surface area contributed by atoms with Crippen LogP contribution in [0.3, 0.4) is 0 Å². The summed E-state index contributed by atoms with van der Waals surface area (Å²) in [6.45, 7) is 2.28. The number of hydrogen-bond donors (Lipinski definition) is 1. The van der Waals surface area contributed by atoms with Crippen molar-refractivity contribution in [3.05, 3.63) is 35.9 Å². The fourth-order valence-corrected chi connectivity index (χ4v) is 2.46. The molecule has 0 aliphatic heterocycles. The van der Waals surface area contributed by atoms with E-state index in [4.69, 9.17) is 13.3 Å². The van der Waals surface area contributed by atoms with E-state index in [9.17, 15) is 0 Å². The monoisotopic (exact) mass is 327 g/mol. The molecule has 0 bridgehead atoms. The van der Waals surface area contributed by atoms with Crippen LogP contribution < -0.4 is 0 Å². The van der Waals surface area contributed by atoms with E-state index < -0.39 is 11.4 Å². The first kappa shape index (κ1) is 21.3. The molecule has 1 atom stereocenters. The van der Waals surface area contributed by atoms with E-state index in [-0.39, 0.29) is 0 Å². The van der Waals surface area contributed by atoms with Crippen molar-refractivity contribution in [2.75, 3.05) is 0 Å². The number of unbranched alkanes of at least 4 members (excludes halogenated alkanes) is 9. The van der Waals surface area contributed by atoms with Gasteiger partial charge in [-0.15, -0.1) is 0 Å². The van der Waals surface area contributed by atoms with Crippen LogP contribution in [0.15, 0.2) is 30.3 Å².